The minimum Gasteiger partial charge on any atom is -0.477 e. The number of carbonyl (C=O) groups is 2. The fourth-order valence-electron chi connectivity index (χ4n) is 1.54. The molecule has 6 heteroatoms. The van der Waals surface area contributed by atoms with Crippen LogP contribution in [-0.2, 0) is 6.54 Å². The Morgan fingerprint density at radius 3 is 2.40 bits per heavy atom. The number of carboxylic acid groups (broad SMARTS) is 1. The highest BCUT2D eigenvalue weighted by molar-refractivity contribution is 5.94. The van der Waals surface area contributed by atoms with Crippen molar-refractivity contribution in [2.75, 3.05) is 0 Å². The number of hydrogen-bond donors (Lipinski definition) is 2. The van der Waals surface area contributed by atoms with Gasteiger partial charge in [-0.15, -0.1) is 0 Å². The number of nitrogens with one attached hydrogen (secondary N) is 1. The summed E-state index contributed by atoms with van der Waals surface area (Å²) in [5.74, 6) is -1.85. The molecule has 1 aromatic carbocycles. The fourth-order valence-corrected chi connectivity index (χ4v) is 1.54. The van der Waals surface area contributed by atoms with E-state index < -0.39 is 11.8 Å². The normalized spacial score (nSPS) is 10.1. The summed E-state index contributed by atoms with van der Waals surface area (Å²) in [5, 5.41) is 11.3. The molecule has 0 saturated heterocycles. The zero-order valence-corrected chi connectivity index (χ0v) is 10.3. The highest BCUT2D eigenvalue weighted by Gasteiger charge is 2.07. The maximum absolute atomic E-state index is 12.7. The molecule has 0 radical (unpaired) electrons. The standard InChI is InChI=1S/C14H11FN2O3/c15-11-4-2-10(3-5-11)13(18)17-8-9-1-6-12(14(19)20)16-7-9/h1-7H,8H2,(H,17,18)(H,19,20). The minimum atomic E-state index is -1.10. The highest BCUT2D eigenvalue weighted by atomic mass is 19.1. The van der Waals surface area contributed by atoms with Crippen LogP contribution >= 0.6 is 0 Å². The topological polar surface area (TPSA) is 79.3 Å². The molecule has 0 unspecified atom stereocenters. The van der Waals surface area contributed by atoms with Gasteiger partial charge in [0.15, 0.2) is 0 Å². The molecule has 0 saturated carbocycles. The third kappa shape index (κ3) is 3.38. The Balaban J connectivity index is 1.96. The molecule has 1 heterocycles. The lowest BCUT2D eigenvalue weighted by molar-refractivity contribution is 0.0690. The van der Waals surface area contributed by atoms with E-state index in [2.05, 4.69) is 10.3 Å². The van der Waals surface area contributed by atoms with Crippen LogP contribution in [0.4, 0.5) is 4.39 Å². The van der Waals surface area contributed by atoms with E-state index in [1.54, 1.807) is 6.07 Å². The SMILES string of the molecule is O=C(NCc1ccc(C(=O)O)nc1)c1ccc(F)cc1. The summed E-state index contributed by atoms with van der Waals surface area (Å²) in [6.45, 7) is 0.211. The molecule has 2 N–H and O–H groups in total. The van der Waals surface area contributed by atoms with E-state index in [9.17, 15) is 14.0 Å². The van der Waals surface area contributed by atoms with Crippen molar-refractivity contribution in [3.05, 3.63) is 65.2 Å². The first-order chi connectivity index (χ1) is 9.56. The lowest BCUT2D eigenvalue weighted by atomic mass is 10.2. The second-order valence-corrected chi connectivity index (χ2v) is 4.05. The fraction of sp³-hybridized carbons (Fsp3) is 0.0714. The van der Waals surface area contributed by atoms with Crippen molar-refractivity contribution < 1.29 is 19.1 Å². The van der Waals surface area contributed by atoms with Crippen molar-refractivity contribution in [2.24, 2.45) is 0 Å². The van der Waals surface area contributed by atoms with Gasteiger partial charge < -0.3 is 10.4 Å². The summed E-state index contributed by atoms with van der Waals surface area (Å²) < 4.78 is 12.7. The van der Waals surface area contributed by atoms with Crippen molar-refractivity contribution in [2.45, 2.75) is 6.54 Å². The smallest absolute Gasteiger partial charge is 0.354 e. The molecule has 2 aromatic rings. The lowest BCUT2D eigenvalue weighted by Crippen LogP contribution is -2.22. The Hall–Kier alpha value is -2.76. The van der Waals surface area contributed by atoms with E-state index in [1.807, 2.05) is 0 Å². The van der Waals surface area contributed by atoms with E-state index in [1.165, 1.54) is 36.5 Å². The molecule has 20 heavy (non-hydrogen) atoms. The van der Waals surface area contributed by atoms with Gasteiger partial charge in [0.2, 0.25) is 0 Å². The van der Waals surface area contributed by atoms with Gasteiger partial charge in [0.25, 0.3) is 5.91 Å². The van der Waals surface area contributed by atoms with Gasteiger partial charge in [-0.1, -0.05) is 6.07 Å². The molecule has 0 aliphatic rings. The zero-order valence-electron chi connectivity index (χ0n) is 10.3. The van der Waals surface area contributed by atoms with Gasteiger partial charge in [-0.3, -0.25) is 4.79 Å². The lowest BCUT2D eigenvalue weighted by Gasteiger charge is -2.05. The van der Waals surface area contributed by atoms with E-state index in [4.69, 9.17) is 5.11 Å². The molecular formula is C14H11FN2O3. The van der Waals surface area contributed by atoms with Gasteiger partial charge in [-0.25, -0.2) is 14.2 Å². The molecule has 2 rings (SSSR count). The number of hydrogen-bond acceptors (Lipinski definition) is 3. The van der Waals surface area contributed by atoms with Crippen molar-refractivity contribution in [1.82, 2.24) is 10.3 Å². The zero-order chi connectivity index (χ0) is 14.5. The van der Waals surface area contributed by atoms with Crippen LogP contribution in [0.5, 0.6) is 0 Å². The molecule has 0 bridgehead atoms. The highest BCUT2D eigenvalue weighted by Crippen LogP contribution is 2.04. The number of benzene rings is 1. The second-order valence-electron chi connectivity index (χ2n) is 4.05. The van der Waals surface area contributed by atoms with Crippen LogP contribution in [0.3, 0.4) is 0 Å². The predicted octanol–water partition coefficient (Wildman–Crippen LogP) is 1.85. The predicted molar refractivity (Wildman–Crippen MR) is 68.8 cm³/mol. The van der Waals surface area contributed by atoms with Crippen LogP contribution in [0.15, 0.2) is 42.6 Å². The molecule has 102 valence electrons. The molecule has 5 nitrogen and oxygen atoms in total. The number of aromatic nitrogens is 1. The molecule has 0 fully saturated rings. The summed E-state index contributed by atoms with van der Waals surface area (Å²) in [5.41, 5.74) is 0.964. The first kappa shape index (κ1) is 13.7. The number of carboxylic acids is 1. The Bertz CT molecular complexity index is 624. The molecule has 1 aromatic heterocycles. The van der Waals surface area contributed by atoms with Gasteiger partial charge in [0.05, 0.1) is 0 Å². The molecule has 0 aliphatic carbocycles. The molecule has 0 aliphatic heterocycles. The minimum absolute atomic E-state index is 0.0568. The first-order valence-electron chi connectivity index (χ1n) is 5.78. The largest absolute Gasteiger partial charge is 0.477 e. The van der Waals surface area contributed by atoms with E-state index in [0.717, 1.165) is 0 Å². The van der Waals surface area contributed by atoms with Gasteiger partial charge in [-0.05, 0) is 35.9 Å². The summed E-state index contributed by atoms with van der Waals surface area (Å²) in [6, 6.07) is 8.12. The average molecular weight is 274 g/mol. The van der Waals surface area contributed by atoms with Gasteiger partial charge in [0.1, 0.15) is 11.5 Å². The number of pyridine rings is 1. The number of nitrogens with zero attached hydrogens (tertiary/aromatic N) is 1. The van der Waals surface area contributed by atoms with Crippen molar-refractivity contribution >= 4 is 11.9 Å². The average Bonchev–Trinajstić information content (AvgIpc) is 2.46. The maximum atomic E-state index is 12.7. The Kier molecular flexibility index (Phi) is 4.05. The van der Waals surface area contributed by atoms with Crippen LogP contribution < -0.4 is 5.32 Å². The number of halogens is 1. The van der Waals surface area contributed by atoms with Crippen molar-refractivity contribution in [3.63, 3.8) is 0 Å². The molecular weight excluding hydrogens is 263 g/mol. The van der Waals surface area contributed by atoms with Gasteiger partial charge in [-0.2, -0.15) is 0 Å². The number of carbonyl (C=O) groups excluding carboxylic acids is 1. The summed E-state index contributed by atoms with van der Waals surface area (Å²) >= 11 is 0. The Morgan fingerprint density at radius 2 is 1.85 bits per heavy atom. The third-order valence-electron chi connectivity index (χ3n) is 2.60. The van der Waals surface area contributed by atoms with Crippen LogP contribution in [0.1, 0.15) is 26.4 Å². The molecule has 0 atom stereocenters. The summed E-state index contributed by atoms with van der Waals surface area (Å²) in [7, 11) is 0. The van der Waals surface area contributed by atoms with Crippen LogP contribution in [0.2, 0.25) is 0 Å². The van der Waals surface area contributed by atoms with E-state index in [-0.39, 0.29) is 18.1 Å². The molecule has 0 spiro atoms. The second kappa shape index (κ2) is 5.92. The van der Waals surface area contributed by atoms with E-state index in [0.29, 0.717) is 11.1 Å². The van der Waals surface area contributed by atoms with Gasteiger partial charge >= 0.3 is 5.97 Å². The van der Waals surface area contributed by atoms with Crippen LogP contribution in [-0.4, -0.2) is 22.0 Å². The van der Waals surface area contributed by atoms with Crippen LogP contribution in [0, 0.1) is 5.82 Å². The number of aromatic carboxylic acids is 1. The first-order valence-corrected chi connectivity index (χ1v) is 5.78. The number of amides is 1. The summed E-state index contributed by atoms with van der Waals surface area (Å²) in [6.07, 6.45) is 1.38. The number of rotatable bonds is 4. The Morgan fingerprint density at radius 1 is 1.15 bits per heavy atom. The molecule has 1 amide bonds. The van der Waals surface area contributed by atoms with Crippen LogP contribution in [0.25, 0.3) is 0 Å². The quantitative estimate of drug-likeness (QED) is 0.891. The monoisotopic (exact) mass is 274 g/mol. The third-order valence-corrected chi connectivity index (χ3v) is 2.60. The maximum Gasteiger partial charge on any atom is 0.354 e. The van der Waals surface area contributed by atoms with Crippen molar-refractivity contribution in [3.8, 4) is 0 Å². The van der Waals surface area contributed by atoms with Gasteiger partial charge in [0, 0.05) is 18.3 Å². The van der Waals surface area contributed by atoms with Crippen molar-refractivity contribution in [1.29, 1.82) is 0 Å². The summed E-state index contributed by atoms with van der Waals surface area (Å²) in [4.78, 5) is 26.1. The Labute approximate surface area is 114 Å². The van der Waals surface area contributed by atoms with E-state index >= 15 is 0 Å².